The van der Waals surface area contributed by atoms with Crippen LogP contribution in [0.15, 0.2) is 18.2 Å². The van der Waals surface area contributed by atoms with Crippen LogP contribution in [0.1, 0.15) is 48.0 Å². The minimum absolute atomic E-state index is 0.0264. The van der Waals surface area contributed by atoms with Crippen LogP contribution in [-0.4, -0.2) is 18.0 Å². The molecule has 2 rings (SSSR count). The molecule has 5 heteroatoms. The second-order valence-corrected chi connectivity index (χ2v) is 5.30. The Kier molecular flexibility index (Phi) is 4.71. The molecule has 0 amide bonds. The summed E-state index contributed by atoms with van der Waals surface area (Å²) in [6.45, 7) is 0. The van der Waals surface area contributed by atoms with Gasteiger partial charge >= 0.3 is 5.97 Å². The summed E-state index contributed by atoms with van der Waals surface area (Å²) < 4.78 is 4.60. The van der Waals surface area contributed by atoms with Crippen molar-refractivity contribution in [3.63, 3.8) is 0 Å². The van der Waals surface area contributed by atoms with Crippen LogP contribution >= 0.6 is 0 Å². The third-order valence-electron chi connectivity index (χ3n) is 3.94. The molecule has 1 saturated carbocycles. The van der Waals surface area contributed by atoms with Gasteiger partial charge in [-0.1, -0.05) is 38.2 Å². The van der Waals surface area contributed by atoms with Gasteiger partial charge in [0.15, 0.2) is 0 Å². The quantitative estimate of drug-likeness (QED) is 0.480. The predicted octanol–water partition coefficient (Wildman–Crippen LogP) is 3.50. The van der Waals surface area contributed by atoms with Crippen molar-refractivity contribution in [2.45, 2.75) is 38.5 Å². The summed E-state index contributed by atoms with van der Waals surface area (Å²) in [5.74, 6) is -0.0243. The van der Waals surface area contributed by atoms with Crippen molar-refractivity contribution in [2.24, 2.45) is 5.92 Å². The van der Waals surface area contributed by atoms with E-state index >= 15 is 0 Å². The zero-order valence-corrected chi connectivity index (χ0v) is 11.6. The summed E-state index contributed by atoms with van der Waals surface area (Å²) in [6, 6.07) is 4.62. The Hall–Kier alpha value is -1.91. The highest BCUT2D eigenvalue weighted by Gasteiger charge is 2.21. The number of nitro groups is 1. The van der Waals surface area contributed by atoms with Crippen molar-refractivity contribution in [2.75, 3.05) is 7.11 Å². The molecule has 1 aromatic carbocycles. The first kappa shape index (κ1) is 14.5. The Morgan fingerprint density at radius 1 is 1.35 bits per heavy atom. The molecule has 5 nitrogen and oxygen atoms in total. The first-order valence-electron chi connectivity index (χ1n) is 6.97. The van der Waals surface area contributed by atoms with E-state index in [1.807, 2.05) is 0 Å². The lowest BCUT2D eigenvalue weighted by atomic mass is 9.84. The van der Waals surface area contributed by atoms with Crippen LogP contribution in [0.25, 0.3) is 0 Å². The van der Waals surface area contributed by atoms with Gasteiger partial charge in [-0.15, -0.1) is 0 Å². The van der Waals surface area contributed by atoms with Crippen LogP contribution in [0.3, 0.4) is 0 Å². The average molecular weight is 277 g/mol. The topological polar surface area (TPSA) is 69.4 Å². The number of benzene rings is 1. The fourth-order valence-electron chi connectivity index (χ4n) is 2.85. The molecule has 0 bridgehead atoms. The van der Waals surface area contributed by atoms with Crippen LogP contribution < -0.4 is 0 Å². The maximum Gasteiger partial charge on any atom is 0.338 e. The molecule has 0 aliphatic heterocycles. The molecule has 0 atom stereocenters. The van der Waals surface area contributed by atoms with Crippen molar-refractivity contribution in [3.8, 4) is 0 Å². The maximum absolute atomic E-state index is 11.4. The molecule has 0 saturated heterocycles. The standard InChI is InChI=1S/C15H19NO4/c1-20-15(17)13-8-7-12(14(10-13)16(18)19)9-11-5-3-2-4-6-11/h7-8,10-11H,2-6,9H2,1H3. The van der Waals surface area contributed by atoms with Gasteiger partial charge in [0.05, 0.1) is 17.6 Å². The van der Waals surface area contributed by atoms with Crippen LogP contribution in [0.4, 0.5) is 5.69 Å². The number of methoxy groups -OCH3 is 1. The number of carbonyl (C=O) groups is 1. The number of hydrogen-bond donors (Lipinski definition) is 0. The zero-order chi connectivity index (χ0) is 14.5. The fraction of sp³-hybridized carbons (Fsp3) is 0.533. The van der Waals surface area contributed by atoms with E-state index in [0.717, 1.165) is 24.8 Å². The van der Waals surface area contributed by atoms with Crippen LogP contribution in [-0.2, 0) is 11.2 Å². The Morgan fingerprint density at radius 3 is 2.65 bits per heavy atom. The predicted molar refractivity (Wildman–Crippen MR) is 74.7 cm³/mol. The van der Waals surface area contributed by atoms with Gasteiger partial charge in [-0.25, -0.2) is 4.79 Å². The molecule has 20 heavy (non-hydrogen) atoms. The van der Waals surface area contributed by atoms with E-state index in [4.69, 9.17) is 0 Å². The lowest BCUT2D eigenvalue weighted by Gasteiger charge is -2.21. The summed E-state index contributed by atoms with van der Waals surface area (Å²) in [5, 5.41) is 11.2. The van der Waals surface area contributed by atoms with Crippen molar-refractivity contribution in [1.82, 2.24) is 0 Å². The average Bonchev–Trinajstić information content (AvgIpc) is 2.47. The van der Waals surface area contributed by atoms with Crippen molar-refractivity contribution < 1.29 is 14.5 Å². The first-order chi connectivity index (χ1) is 9.61. The minimum Gasteiger partial charge on any atom is -0.465 e. The van der Waals surface area contributed by atoms with E-state index in [0.29, 0.717) is 5.92 Å². The summed E-state index contributed by atoms with van der Waals surface area (Å²) in [4.78, 5) is 22.2. The molecule has 108 valence electrons. The van der Waals surface area contributed by atoms with E-state index in [2.05, 4.69) is 4.74 Å². The number of nitro benzene ring substituents is 1. The molecule has 1 aliphatic rings. The van der Waals surface area contributed by atoms with E-state index in [-0.39, 0.29) is 11.3 Å². The van der Waals surface area contributed by atoms with Crippen LogP contribution in [0.5, 0.6) is 0 Å². The van der Waals surface area contributed by atoms with Crippen LogP contribution in [0, 0.1) is 16.0 Å². The summed E-state index contributed by atoms with van der Waals surface area (Å²) in [5.41, 5.74) is 0.972. The van der Waals surface area contributed by atoms with Crippen molar-refractivity contribution in [3.05, 3.63) is 39.4 Å². The fourth-order valence-corrected chi connectivity index (χ4v) is 2.85. The number of rotatable bonds is 4. The molecule has 0 unspecified atom stereocenters. The number of esters is 1. The molecule has 1 fully saturated rings. The molecule has 1 aliphatic carbocycles. The number of hydrogen-bond acceptors (Lipinski definition) is 4. The summed E-state index contributed by atoms with van der Waals surface area (Å²) >= 11 is 0. The lowest BCUT2D eigenvalue weighted by molar-refractivity contribution is -0.385. The third-order valence-corrected chi connectivity index (χ3v) is 3.94. The van der Waals surface area contributed by atoms with Gasteiger partial charge in [0.1, 0.15) is 0 Å². The van der Waals surface area contributed by atoms with E-state index in [1.54, 1.807) is 12.1 Å². The number of carbonyl (C=O) groups excluding carboxylic acids is 1. The number of nitrogens with zero attached hydrogens (tertiary/aromatic N) is 1. The maximum atomic E-state index is 11.4. The molecule has 0 heterocycles. The van der Waals surface area contributed by atoms with Gasteiger partial charge in [0.2, 0.25) is 0 Å². The zero-order valence-electron chi connectivity index (χ0n) is 11.6. The Balaban J connectivity index is 2.23. The van der Waals surface area contributed by atoms with E-state index in [9.17, 15) is 14.9 Å². The van der Waals surface area contributed by atoms with Gasteiger partial charge in [0, 0.05) is 11.6 Å². The normalized spacial score (nSPS) is 15.8. The highest BCUT2D eigenvalue weighted by Crippen LogP contribution is 2.30. The lowest BCUT2D eigenvalue weighted by Crippen LogP contribution is -2.11. The molecular weight excluding hydrogens is 258 g/mol. The van der Waals surface area contributed by atoms with Gasteiger partial charge in [0.25, 0.3) is 5.69 Å². The molecule has 0 radical (unpaired) electrons. The monoisotopic (exact) mass is 277 g/mol. The minimum atomic E-state index is -0.544. The first-order valence-corrected chi connectivity index (χ1v) is 6.97. The molecule has 0 N–H and O–H groups in total. The van der Waals surface area contributed by atoms with E-state index in [1.165, 1.54) is 32.4 Å². The van der Waals surface area contributed by atoms with Gasteiger partial charge in [-0.2, -0.15) is 0 Å². The third kappa shape index (κ3) is 3.35. The Morgan fingerprint density at radius 2 is 2.05 bits per heavy atom. The highest BCUT2D eigenvalue weighted by molar-refractivity contribution is 5.90. The summed E-state index contributed by atoms with van der Waals surface area (Å²) in [6.07, 6.45) is 6.67. The molecule has 1 aromatic rings. The van der Waals surface area contributed by atoms with Crippen LogP contribution in [0.2, 0.25) is 0 Å². The Labute approximate surface area is 118 Å². The second-order valence-electron chi connectivity index (χ2n) is 5.30. The molecular formula is C15H19NO4. The molecule has 0 spiro atoms. The number of ether oxygens (including phenoxy) is 1. The SMILES string of the molecule is COC(=O)c1ccc(CC2CCCCC2)c([N+](=O)[O-])c1. The van der Waals surface area contributed by atoms with Gasteiger partial charge in [-0.05, 0) is 18.4 Å². The second kappa shape index (κ2) is 6.50. The van der Waals surface area contributed by atoms with Gasteiger partial charge < -0.3 is 4.74 Å². The molecule has 0 aromatic heterocycles. The highest BCUT2D eigenvalue weighted by atomic mass is 16.6. The van der Waals surface area contributed by atoms with Crippen molar-refractivity contribution >= 4 is 11.7 Å². The largest absolute Gasteiger partial charge is 0.465 e. The Bertz CT molecular complexity index is 507. The summed E-state index contributed by atoms with van der Waals surface area (Å²) in [7, 11) is 1.27. The van der Waals surface area contributed by atoms with E-state index < -0.39 is 10.9 Å². The smallest absolute Gasteiger partial charge is 0.338 e. The van der Waals surface area contributed by atoms with Gasteiger partial charge in [-0.3, -0.25) is 10.1 Å². The van der Waals surface area contributed by atoms with Crippen molar-refractivity contribution in [1.29, 1.82) is 0 Å².